The number of rotatable bonds is 4. The summed E-state index contributed by atoms with van der Waals surface area (Å²) in [6.07, 6.45) is 8.86. The van der Waals surface area contributed by atoms with E-state index in [0.717, 1.165) is 22.3 Å². The largest absolute Gasteiger partial charge is 0.322 e. The summed E-state index contributed by atoms with van der Waals surface area (Å²) in [7, 11) is 0. The van der Waals surface area contributed by atoms with Crippen molar-refractivity contribution in [1.82, 2.24) is 29.1 Å². The van der Waals surface area contributed by atoms with Gasteiger partial charge in [0.2, 0.25) is 5.78 Å². The second-order valence-electron chi connectivity index (χ2n) is 7.30. The molecule has 8 heteroatoms. The molecule has 4 heterocycles. The summed E-state index contributed by atoms with van der Waals surface area (Å²) in [6.45, 7) is 4.09. The van der Waals surface area contributed by atoms with Gasteiger partial charge in [-0.3, -0.25) is 9.20 Å². The number of benzene rings is 1. The van der Waals surface area contributed by atoms with E-state index in [-0.39, 0.29) is 11.9 Å². The molecule has 0 fully saturated rings. The number of hydrogen-bond acceptors (Lipinski definition) is 5. The summed E-state index contributed by atoms with van der Waals surface area (Å²) in [4.78, 5) is 25.8. The average molecular weight is 397 g/mol. The number of pyridine rings is 1. The Morgan fingerprint density at radius 3 is 2.70 bits per heavy atom. The minimum atomic E-state index is -0.216. The molecule has 30 heavy (non-hydrogen) atoms. The first-order valence-electron chi connectivity index (χ1n) is 9.63. The minimum Gasteiger partial charge on any atom is -0.322 e. The summed E-state index contributed by atoms with van der Waals surface area (Å²) in [5.74, 6) is 0.430. The molecule has 1 N–H and O–H groups in total. The van der Waals surface area contributed by atoms with Gasteiger partial charge < -0.3 is 5.32 Å². The first-order valence-corrected chi connectivity index (χ1v) is 9.63. The standard InChI is InChI=1S/C22H19N7O/c1-14(2)29-20-16(12-25-29)10-17(11-24-20)21(30)26-18-6-4-15(5-7-18)19-13-28-9-3-8-23-22(28)27-19/h3-14H,1-2H3,(H,26,30). The molecule has 5 aromatic rings. The quantitative estimate of drug-likeness (QED) is 0.495. The predicted octanol–water partition coefficient (Wildman–Crippen LogP) is 3.97. The van der Waals surface area contributed by atoms with Gasteiger partial charge in [-0.15, -0.1) is 0 Å². The smallest absolute Gasteiger partial charge is 0.257 e. The first kappa shape index (κ1) is 18.0. The molecule has 0 unspecified atom stereocenters. The van der Waals surface area contributed by atoms with Crippen molar-refractivity contribution in [1.29, 1.82) is 0 Å². The lowest BCUT2D eigenvalue weighted by atomic mass is 10.1. The van der Waals surface area contributed by atoms with Crippen LogP contribution in [0.1, 0.15) is 30.2 Å². The van der Waals surface area contributed by atoms with E-state index >= 15 is 0 Å². The van der Waals surface area contributed by atoms with Crippen LogP contribution < -0.4 is 5.32 Å². The molecule has 1 aromatic carbocycles. The number of nitrogens with one attached hydrogen (secondary N) is 1. The lowest BCUT2D eigenvalue weighted by Gasteiger charge is -2.08. The molecule has 4 aromatic heterocycles. The SMILES string of the molecule is CC(C)n1ncc2cc(C(=O)Nc3ccc(-c4cn5cccnc5n4)cc3)cnc21. The lowest BCUT2D eigenvalue weighted by molar-refractivity contribution is 0.102. The molecule has 0 radical (unpaired) electrons. The molecule has 1 amide bonds. The Morgan fingerprint density at radius 2 is 1.93 bits per heavy atom. The Labute approximate surface area is 172 Å². The summed E-state index contributed by atoms with van der Waals surface area (Å²) < 4.78 is 3.71. The molecule has 8 nitrogen and oxygen atoms in total. The maximum Gasteiger partial charge on any atom is 0.257 e. The topological polar surface area (TPSA) is 90.0 Å². The zero-order valence-corrected chi connectivity index (χ0v) is 16.5. The Hall–Kier alpha value is -4.07. The van der Waals surface area contributed by atoms with Crippen LogP contribution in [0.15, 0.2) is 67.4 Å². The monoisotopic (exact) mass is 397 g/mol. The van der Waals surface area contributed by atoms with Crippen molar-refractivity contribution in [3.05, 3.63) is 72.9 Å². The van der Waals surface area contributed by atoms with Crippen molar-refractivity contribution in [2.45, 2.75) is 19.9 Å². The van der Waals surface area contributed by atoms with Crippen molar-refractivity contribution >= 4 is 28.4 Å². The van der Waals surface area contributed by atoms with Crippen LogP contribution in [0.3, 0.4) is 0 Å². The Kier molecular flexibility index (Phi) is 4.24. The van der Waals surface area contributed by atoms with E-state index in [1.54, 1.807) is 18.6 Å². The zero-order chi connectivity index (χ0) is 20.7. The third-order valence-electron chi connectivity index (χ3n) is 4.86. The van der Waals surface area contributed by atoms with Gasteiger partial charge in [-0.05, 0) is 38.1 Å². The maximum atomic E-state index is 12.7. The highest BCUT2D eigenvalue weighted by Crippen LogP contribution is 2.22. The summed E-state index contributed by atoms with van der Waals surface area (Å²) in [5.41, 5.74) is 3.73. The van der Waals surface area contributed by atoms with Crippen molar-refractivity contribution in [2.24, 2.45) is 0 Å². The molecule has 0 bridgehead atoms. The Balaban J connectivity index is 1.35. The van der Waals surface area contributed by atoms with E-state index in [1.807, 2.05) is 71.7 Å². The molecule has 0 aliphatic carbocycles. The number of carbonyl (C=O) groups excluding carboxylic acids is 1. The summed E-state index contributed by atoms with van der Waals surface area (Å²) in [6, 6.07) is 11.4. The second-order valence-corrected chi connectivity index (χ2v) is 7.30. The van der Waals surface area contributed by atoms with Crippen LogP contribution in [0.25, 0.3) is 28.1 Å². The van der Waals surface area contributed by atoms with Gasteiger partial charge >= 0.3 is 0 Å². The highest BCUT2D eigenvalue weighted by Gasteiger charge is 2.12. The molecular formula is C22H19N7O. The van der Waals surface area contributed by atoms with E-state index < -0.39 is 0 Å². The van der Waals surface area contributed by atoms with Crippen molar-refractivity contribution < 1.29 is 4.79 Å². The fourth-order valence-corrected chi connectivity index (χ4v) is 3.34. The number of hydrogen-bond donors (Lipinski definition) is 1. The molecule has 148 valence electrons. The molecule has 5 rings (SSSR count). The van der Waals surface area contributed by atoms with Crippen LogP contribution in [0.2, 0.25) is 0 Å². The van der Waals surface area contributed by atoms with E-state index in [1.165, 1.54) is 0 Å². The van der Waals surface area contributed by atoms with Gasteiger partial charge in [0.25, 0.3) is 5.91 Å². The molecule has 0 aliphatic rings. The molecule has 0 saturated carbocycles. The molecule has 0 saturated heterocycles. The van der Waals surface area contributed by atoms with E-state index in [2.05, 4.69) is 25.4 Å². The maximum absolute atomic E-state index is 12.7. The Morgan fingerprint density at radius 1 is 1.10 bits per heavy atom. The summed E-state index contributed by atoms with van der Waals surface area (Å²) >= 11 is 0. The van der Waals surface area contributed by atoms with Gasteiger partial charge in [-0.2, -0.15) is 5.10 Å². The molecule has 0 spiro atoms. The minimum absolute atomic E-state index is 0.205. The van der Waals surface area contributed by atoms with Crippen LogP contribution in [0, 0.1) is 0 Å². The van der Waals surface area contributed by atoms with Crippen LogP contribution in [0.5, 0.6) is 0 Å². The predicted molar refractivity (Wildman–Crippen MR) is 114 cm³/mol. The fraction of sp³-hybridized carbons (Fsp3) is 0.136. The average Bonchev–Trinajstić information content (AvgIpc) is 3.38. The second kappa shape index (κ2) is 7.07. The van der Waals surface area contributed by atoms with Crippen LogP contribution in [-0.4, -0.2) is 35.0 Å². The highest BCUT2D eigenvalue weighted by molar-refractivity contribution is 6.05. The van der Waals surface area contributed by atoms with Gasteiger partial charge in [0.05, 0.1) is 17.5 Å². The number of fused-ring (bicyclic) bond motifs is 2. The highest BCUT2D eigenvalue weighted by atomic mass is 16.1. The van der Waals surface area contributed by atoms with Gasteiger partial charge in [0.1, 0.15) is 0 Å². The van der Waals surface area contributed by atoms with Gasteiger partial charge in [-0.1, -0.05) is 12.1 Å². The van der Waals surface area contributed by atoms with Crippen LogP contribution in [-0.2, 0) is 0 Å². The number of nitrogens with zero attached hydrogens (tertiary/aromatic N) is 6. The van der Waals surface area contributed by atoms with E-state index in [4.69, 9.17) is 0 Å². The van der Waals surface area contributed by atoms with Crippen molar-refractivity contribution in [3.63, 3.8) is 0 Å². The number of carbonyl (C=O) groups is 1. The molecule has 0 aliphatic heterocycles. The zero-order valence-electron chi connectivity index (χ0n) is 16.5. The van der Waals surface area contributed by atoms with Crippen molar-refractivity contribution in [3.8, 4) is 11.3 Å². The molecule has 0 atom stereocenters. The Bertz CT molecular complexity index is 1330. The van der Waals surface area contributed by atoms with E-state index in [0.29, 0.717) is 17.0 Å². The van der Waals surface area contributed by atoms with Gasteiger partial charge in [0, 0.05) is 47.5 Å². The fourth-order valence-electron chi connectivity index (χ4n) is 3.34. The van der Waals surface area contributed by atoms with E-state index in [9.17, 15) is 4.79 Å². The number of amides is 1. The normalized spacial score (nSPS) is 11.4. The number of aromatic nitrogens is 6. The van der Waals surface area contributed by atoms with Crippen LogP contribution in [0.4, 0.5) is 5.69 Å². The lowest BCUT2D eigenvalue weighted by Crippen LogP contribution is -2.12. The molecular weight excluding hydrogens is 378 g/mol. The van der Waals surface area contributed by atoms with Crippen LogP contribution >= 0.6 is 0 Å². The van der Waals surface area contributed by atoms with Crippen molar-refractivity contribution in [2.75, 3.05) is 5.32 Å². The number of anilines is 1. The third kappa shape index (κ3) is 3.18. The number of imidazole rings is 1. The summed E-state index contributed by atoms with van der Waals surface area (Å²) in [5, 5.41) is 8.10. The van der Waals surface area contributed by atoms with Gasteiger partial charge in [-0.25, -0.2) is 19.6 Å². The first-order chi connectivity index (χ1) is 14.6. The van der Waals surface area contributed by atoms with Gasteiger partial charge in [0.15, 0.2) is 5.65 Å². The third-order valence-corrected chi connectivity index (χ3v) is 4.86.